The minimum absolute atomic E-state index is 0.0375. The van der Waals surface area contributed by atoms with Crippen molar-refractivity contribution in [2.75, 3.05) is 7.11 Å². The van der Waals surface area contributed by atoms with E-state index in [0.717, 1.165) is 0 Å². The Labute approximate surface area is 194 Å². The molecule has 0 aliphatic carbocycles. The van der Waals surface area contributed by atoms with E-state index in [2.05, 4.69) is 10.3 Å². The Morgan fingerprint density at radius 1 is 1.13 bits per heavy atom. The summed E-state index contributed by atoms with van der Waals surface area (Å²) in [6.07, 6.45) is 1.89. The molecule has 0 fully saturated rings. The molecule has 0 aliphatic rings. The molecule has 0 spiro atoms. The van der Waals surface area contributed by atoms with Crippen LogP contribution in [0, 0.1) is 0 Å². The molecular formula is C22H19Cl3N2O4. The molecule has 0 saturated heterocycles. The largest absolute Gasteiger partial charge is 0.469 e. The zero-order valence-corrected chi connectivity index (χ0v) is 18.8. The lowest BCUT2D eigenvalue weighted by Crippen LogP contribution is -2.30. The Morgan fingerprint density at radius 3 is 2.61 bits per heavy atom. The van der Waals surface area contributed by atoms with Crippen LogP contribution in [0.25, 0.3) is 11.3 Å². The van der Waals surface area contributed by atoms with Gasteiger partial charge in [-0.1, -0.05) is 53.0 Å². The molecule has 0 aliphatic heterocycles. The number of benzene rings is 2. The molecule has 6 nitrogen and oxygen atoms in total. The minimum atomic E-state index is -0.610. The smallest absolute Gasteiger partial charge is 0.307 e. The molecule has 0 saturated carbocycles. The Morgan fingerprint density at radius 2 is 1.90 bits per heavy atom. The van der Waals surface area contributed by atoms with Crippen LogP contribution in [0.15, 0.2) is 53.1 Å². The van der Waals surface area contributed by atoms with Gasteiger partial charge >= 0.3 is 5.97 Å². The number of esters is 1. The maximum Gasteiger partial charge on any atom is 0.307 e. The summed E-state index contributed by atoms with van der Waals surface area (Å²) in [4.78, 5) is 28.5. The van der Waals surface area contributed by atoms with E-state index < -0.39 is 12.0 Å². The van der Waals surface area contributed by atoms with Crippen LogP contribution in [0.3, 0.4) is 0 Å². The first-order valence-electron chi connectivity index (χ1n) is 9.38. The van der Waals surface area contributed by atoms with Crippen molar-refractivity contribution in [3.05, 3.63) is 75.2 Å². The van der Waals surface area contributed by atoms with Gasteiger partial charge in [0.1, 0.15) is 0 Å². The summed E-state index contributed by atoms with van der Waals surface area (Å²) in [5, 5.41) is 4.25. The van der Waals surface area contributed by atoms with E-state index in [-0.39, 0.29) is 25.2 Å². The van der Waals surface area contributed by atoms with E-state index in [0.29, 0.717) is 37.8 Å². The van der Waals surface area contributed by atoms with Crippen LogP contribution in [0.2, 0.25) is 15.1 Å². The van der Waals surface area contributed by atoms with Crippen LogP contribution in [-0.2, 0) is 20.7 Å². The summed E-state index contributed by atoms with van der Waals surface area (Å²) in [7, 11) is 1.29. The quantitative estimate of drug-likeness (QED) is 0.420. The zero-order chi connectivity index (χ0) is 22.4. The first kappa shape index (κ1) is 23.1. The molecule has 1 amide bonds. The highest BCUT2D eigenvalue weighted by molar-refractivity contribution is 6.36. The highest BCUT2D eigenvalue weighted by atomic mass is 35.5. The van der Waals surface area contributed by atoms with Gasteiger partial charge < -0.3 is 14.5 Å². The summed E-state index contributed by atoms with van der Waals surface area (Å²) in [5.41, 5.74) is 1.30. The normalized spacial score (nSPS) is 11.7. The molecule has 1 N–H and O–H groups in total. The number of carbonyl (C=O) groups excluding carboxylic acids is 2. The highest BCUT2D eigenvalue weighted by Gasteiger charge is 2.21. The average Bonchev–Trinajstić information content (AvgIpc) is 3.20. The van der Waals surface area contributed by atoms with Crippen molar-refractivity contribution in [2.45, 2.75) is 25.3 Å². The van der Waals surface area contributed by atoms with Gasteiger partial charge in [-0.25, -0.2) is 4.98 Å². The number of ether oxygens (including phenoxy) is 1. The number of methoxy groups -OCH3 is 1. The summed E-state index contributed by atoms with van der Waals surface area (Å²) < 4.78 is 10.5. The second kappa shape index (κ2) is 10.7. The lowest BCUT2D eigenvalue weighted by Gasteiger charge is -2.19. The molecule has 31 heavy (non-hydrogen) atoms. The second-order valence-electron chi connectivity index (χ2n) is 6.66. The van der Waals surface area contributed by atoms with E-state index >= 15 is 0 Å². The topological polar surface area (TPSA) is 81.4 Å². The van der Waals surface area contributed by atoms with Gasteiger partial charge in [0.15, 0.2) is 11.7 Å². The van der Waals surface area contributed by atoms with Gasteiger partial charge in [0, 0.05) is 28.5 Å². The number of nitrogens with zero attached hydrogens (tertiary/aromatic N) is 1. The molecule has 9 heteroatoms. The van der Waals surface area contributed by atoms with E-state index in [4.69, 9.17) is 44.0 Å². The fourth-order valence-corrected chi connectivity index (χ4v) is 3.74. The van der Waals surface area contributed by atoms with Crippen LogP contribution in [0.1, 0.15) is 30.3 Å². The summed E-state index contributed by atoms with van der Waals surface area (Å²) in [5.74, 6) is 0.135. The molecule has 0 bridgehead atoms. The maximum absolute atomic E-state index is 12.5. The van der Waals surface area contributed by atoms with Gasteiger partial charge in [-0.15, -0.1) is 0 Å². The number of halogens is 3. The van der Waals surface area contributed by atoms with Crippen LogP contribution in [-0.4, -0.2) is 24.0 Å². The van der Waals surface area contributed by atoms with Crippen molar-refractivity contribution in [3.63, 3.8) is 0 Å². The number of aromatic nitrogens is 1. The number of nitrogens with one attached hydrogen (secondary N) is 1. The van der Waals surface area contributed by atoms with Gasteiger partial charge in [0.2, 0.25) is 5.91 Å². The standard InChI is InChI=1S/C22H19Cl3N2O4/c1-30-22(29)11-18(14-4-2-3-5-16(14)24)27-20(28)8-9-21-26-12-19(31-21)15-7-6-13(23)10-17(15)25/h2-7,10,12,18H,8-9,11H2,1H3,(H,27,28). The van der Waals surface area contributed by atoms with Crippen molar-refractivity contribution >= 4 is 46.7 Å². The predicted molar refractivity (Wildman–Crippen MR) is 119 cm³/mol. The van der Waals surface area contributed by atoms with Crippen LogP contribution >= 0.6 is 34.8 Å². The molecule has 1 heterocycles. The third kappa shape index (κ3) is 6.23. The van der Waals surface area contributed by atoms with Gasteiger partial charge in [-0.3, -0.25) is 9.59 Å². The Kier molecular flexibility index (Phi) is 7.96. The maximum atomic E-state index is 12.5. The molecule has 3 rings (SSSR count). The average molecular weight is 482 g/mol. The third-order valence-corrected chi connectivity index (χ3v) is 5.42. The van der Waals surface area contributed by atoms with Gasteiger partial charge in [0.25, 0.3) is 0 Å². The SMILES string of the molecule is COC(=O)CC(NC(=O)CCc1ncc(-c2ccc(Cl)cc2Cl)o1)c1ccccc1Cl. The van der Waals surface area contributed by atoms with E-state index in [9.17, 15) is 9.59 Å². The van der Waals surface area contributed by atoms with E-state index in [1.165, 1.54) is 7.11 Å². The number of amides is 1. The third-order valence-electron chi connectivity index (χ3n) is 4.53. The lowest BCUT2D eigenvalue weighted by atomic mass is 10.0. The van der Waals surface area contributed by atoms with Crippen LogP contribution in [0.5, 0.6) is 0 Å². The number of hydrogen-bond donors (Lipinski definition) is 1. The fourth-order valence-electron chi connectivity index (χ4n) is 2.97. The first-order chi connectivity index (χ1) is 14.9. The number of rotatable bonds is 8. The van der Waals surface area contributed by atoms with E-state index in [1.54, 1.807) is 48.7 Å². The summed E-state index contributed by atoms with van der Waals surface area (Å²) in [6.45, 7) is 0. The van der Waals surface area contributed by atoms with E-state index in [1.807, 2.05) is 0 Å². The predicted octanol–water partition coefficient (Wildman–Crippen LogP) is 5.66. The molecule has 3 aromatic rings. The number of oxazole rings is 1. The highest BCUT2D eigenvalue weighted by Crippen LogP contribution is 2.31. The van der Waals surface area contributed by atoms with Gasteiger partial charge in [-0.2, -0.15) is 0 Å². The monoisotopic (exact) mass is 480 g/mol. The molecule has 2 aromatic carbocycles. The molecular weight excluding hydrogens is 463 g/mol. The first-order valence-corrected chi connectivity index (χ1v) is 10.5. The van der Waals surface area contributed by atoms with Crippen molar-refractivity contribution in [1.82, 2.24) is 10.3 Å². The number of aryl methyl sites for hydroxylation is 1. The second-order valence-corrected chi connectivity index (χ2v) is 7.92. The Bertz CT molecular complexity index is 1080. The molecule has 162 valence electrons. The van der Waals surface area contributed by atoms with Crippen molar-refractivity contribution in [1.29, 1.82) is 0 Å². The van der Waals surface area contributed by atoms with Crippen molar-refractivity contribution < 1.29 is 18.7 Å². The fraction of sp³-hybridized carbons (Fsp3) is 0.227. The molecule has 0 radical (unpaired) electrons. The lowest BCUT2D eigenvalue weighted by molar-refractivity contribution is -0.141. The summed E-state index contributed by atoms with van der Waals surface area (Å²) in [6, 6.07) is 11.5. The van der Waals surface area contributed by atoms with Gasteiger partial charge in [-0.05, 0) is 29.8 Å². The minimum Gasteiger partial charge on any atom is -0.469 e. The number of hydrogen-bond acceptors (Lipinski definition) is 5. The van der Waals surface area contributed by atoms with Crippen LogP contribution in [0.4, 0.5) is 0 Å². The Balaban J connectivity index is 1.65. The zero-order valence-electron chi connectivity index (χ0n) is 16.5. The summed E-state index contributed by atoms with van der Waals surface area (Å²) >= 11 is 18.4. The molecule has 1 atom stereocenters. The Hall–Kier alpha value is -2.54. The van der Waals surface area contributed by atoms with Crippen LogP contribution < -0.4 is 5.32 Å². The number of carbonyl (C=O) groups is 2. The van der Waals surface area contributed by atoms with Crippen molar-refractivity contribution in [3.8, 4) is 11.3 Å². The molecule has 1 unspecified atom stereocenters. The molecule has 1 aromatic heterocycles. The van der Waals surface area contributed by atoms with Crippen molar-refractivity contribution in [2.24, 2.45) is 0 Å². The van der Waals surface area contributed by atoms with Gasteiger partial charge in [0.05, 0.1) is 30.8 Å².